The van der Waals surface area contributed by atoms with Gasteiger partial charge in [-0.1, -0.05) is 11.6 Å². The average molecular weight is 420 g/mol. The van der Waals surface area contributed by atoms with Gasteiger partial charge in [-0.3, -0.25) is 0 Å². The summed E-state index contributed by atoms with van der Waals surface area (Å²) in [5, 5.41) is 11.6. The molecule has 1 aromatic carbocycles. The van der Waals surface area contributed by atoms with E-state index in [2.05, 4.69) is 4.98 Å². The summed E-state index contributed by atoms with van der Waals surface area (Å²) in [5.74, 6) is -1.04. The lowest BCUT2D eigenvalue weighted by Crippen LogP contribution is -2.61. The molecule has 0 spiro atoms. The van der Waals surface area contributed by atoms with Crippen molar-refractivity contribution in [2.75, 3.05) is 6.61 Å². The first-order valence-corrected chi connectivity index (χ1v) is 8.87. The highest BCUT2D eigenvalue weighted by Crippen LogP contribution is 2.50. The van der Waals surface area contributed by atoms with Crippen LogP contribution in [0.25, 0.3) is 10.9 Å². The summed E-state index contributed by atoms with van der Waals surface area (Å²) < 4.78 is 62.5. The number of aromatic nitrogens is 1. The van der Waals surface area contributed by atoms with E-state index in [9.17, 15) is 18.3 Å². The molecule has 152 valence electrons. The number of ether oxygens (including phenoxy) is 4. The molecule has 0 bridgehead atoms. The molecule has 3 heterocycles. The molecule has 2 aliphatic heterocycles. The summed E-state index contributed by atoms with van der Waals surface area (Å²) in [6.45, 7) is 2.33. The molecular formula is C18H17ClF3NO5. The number of alkyl halides is 3. The van der Waals surface area contributed by atoms with Crippen molar-refractivity contribution in [3.8, 4) is 5.75 Å². The van der Waals surface area contributed by atoms with E-state index < -0.39 is 42.7 Å². The zero-order chi connectivity index (χ0) is 20.3. The number of fused-ring (bicyclic) bond motifs is 2. The molecule has 6 nitrogen and oxygen atoms in total. The third kappa shape index (κ3) is 3.21. The summed E-state index contributed by atoms with van der Waals surface area (Å²) in [6, 6.07) is 8.20. The minimum atomic E-state index is -5.01. The van der Waals surface area contributed by atoms with Crippen LogP contribution in [0.5, 0.6) is 5.75 Å². The SMILES string of the molecule is CC1(C)OC2OC(COc3ccc4ccc(Cl)nc4c3)C(O)(C(F)(F)F)C2O1. The average Bonchev–Trinajstić information content (AvgIpc) is 3.03. The van der Waals surface area contributed by atoms with E-state index in [4.69, 9.17) is 30.5 Å². The normalized spacial score (nSPS) is 31.9. The molecule has 0 amide bonds. The maximum Gasteiger partial charge on any atom is 0.422 e. The summed E-state index contributed by atoms with van der Waals surface area (Å²) in [6.07, 6.45) is -9.81. The number of benzene rings is 1. The second-order valence-corrected chi connectivity index (χ2v) is 7.56. The summed E-state index contributed by atoms with van der Waals surface area (Å²) in [5.41, 5.74) is -2.75. The number of nitrogens with zero attached hydrogens (tertiary/aromatic N) is 1. The molecule has 4 rings (SSSR count). The van der Waals surface area contributed by atoms with Crippen LogP contribution in [-0.4, -0.2) is 52.8 Å². The second-order valence-electron chi connectivity index (χ2n) is 7.17. The van der Waals surface area contributed by atoms with Gasteiger partial charge in [0, 0.05) is 11.5 Å². The van der Waals surface area contributed by atoms with E-state index in [-0.39, 0.29) is 10.9 Å². The smallest absolute Gasteiger partial charge is 0.422 e. The first-order chi connectivity index (χ1) is 13.0. The predicted molar refractivity (Wildman–Crippen MR) is 92.0 cm³/mol. The van der Waals surface area contributed by atoms with Crippen LogP contribution in [-0.2, 0) is 14.2 Å². The van der Waals surface area contributed by atoms with Gasteiger partial charge in [0.05, 0.1) is 5.52 Å². The Balaban J connectivity index is 1.56. The minimum Gasteiger partial charge on any atom is -0.491 e. The third-order valence-electron chi connectivity index (χ3n) is 4.77. The summed E-state index contributed by atoms with van der Waals surface area (Å²) in [7, 11) is 0. The van der Waals surface area contributed by atoms with E-state index in [0.29, 0.717) is 5.52 Å². The number of rotatable bonds is 3. The number of hydrogen-bond donors (Lipinski definition) is 1. The second kappa shape index (κ2) is 6.43. The highest BCUT2D eigenvalue weighted by molar-refractivity contribution is 6.29. The van der Waals surface area contributed by atoms with Gasteiger partial charge in [-0.05, 0) is 38.1 Å². The van der Waals surface area contributed by atoms with Crippen molar-refractivity contribution < 1.29 is 37.2 Å². The Morgan fingerprint density at radius 3 is 2.64 bits per heavy atom. The van der Waals surface area contributed by atoms with Gasteiger partial charge < -0.3 is 24.1 Å². The van der Waals surface area contributed by atoms with Crippen LogP contribution in [0.1, 0.15) is 13.8 Å². The first-order valence-electron chi connectivity index (χ1n) is 8.49. The van der Waals surface area contributed by atoms with Gasteiger partial charge in [-0.15, -0.1) is 0 Å². The molecule has 0 saturated carbocycles. The maximum atomic E-state index is 13.7. The molecule has 28 heavy (non-hydrogen) atoms. The fraction of sp³-hybridized carbons (Fsp3) is 0.500. The Morgan fingerprint density at radius 2 is 1.93 bits per heavy atom. The zero-order valence-electron chi connectivity index (χ0n) is 14.9. The quantitative estimate of drug-likeness (QED) is 0.769. The minimum absolute atomic E-state index is 0.259. The highest BCUT2D eigenvalue weighted by Gasteiger charge is 2.74. The number of aliphatic hydroxyl groups is 1. The standard InChI is InChI=1S/C18H17ClF3NO5/c1-16(2)27-14-15(28-16)26-12(17(14,24)18(20,21)22)8-25-10-5-3-9-4-6-13(19)23-11(9)7-10/h3-7,12,14-15,24H,8H2,1-2H3. The number of pyridine rings is 1. The van der Waals surface area contributed by atoms with Crippen molar-refractivity contribution in [2.24, 2.45) is 0 Å². The predicted octanol–water partition coefficient (Wildman–Crippen LogP) is 3.44. The van der Waals surface area contributed by atoms with Crippen molar-refractivity contribution >= 4 is 22.5 Å². The molecule has 2 aliphatic rings. The molecule has 0 aliphatic carbocycles. The molecule has 4 unspecified atom stereocenters. The van der Waals surface area contributed by atoms with Crippen molar-refractivity contribution in [2.45, 2.75) is 49.9 Å². The molecule has 1 N–H and O–H groups in total. The molecule has 0 radical (unpaired) electrons. The van der Waals surface area contributed by atoms with Crippen LogP contribution < -0.4 is 4.74 Å². The Morgan fingerprint density at radius 1 is 1.21 bits per heavy atom. The van der Waals surface area contributed by atoms with E-state index >= 15 is 0 Å². The van der Waals surface area contributed by atoms with Crippen molar-refractivity contribution in [3.05, 3.63) is 35.5 Å². The zero-order valence-corrected chi connectivity index (χ0v) is 15.6. The van der Waals surface area contributed by atoms with Gasteiger partial charge >= 0.3 is 6.18 Å². The van der Waals surface area contributed by atoms with Crippen LogP contribution >= 0.6 is 11.6 Å². The Labute approximate surface area is 163 Å². The molecule has 1 aromatic heterocycles. The summed E-state index contributed by atoms with van der Waals surface area (Å²) >= 11 is 5.86. The Kier molecular flexibility index (Phi) is 4.51. The van der Waals surface area contributed by atoms with Crippen LogP contribution in [0.15, 0.2) is 30.3 Å². The van der Waals surface area contributed by atoms with Gasteiger partial charge in [0.1, 0.15) is 23.6 Å². The van der Waals surface area contributed by atoms with Gasteiger partial charge in [0.2, 0.25) is 5.60 Å². The van der Waals surface area contributed by atoms with Crippen LogP contribution in [0.2, 0.25) is 5.15 Å². The summed E-state index contributed by atoms with van der Waals surface area (Å²) in [4.78, 5) is 4.13. The van der Waals surface area contributed by atoms with Gasteiger partial charge in [-0.25, -0.2) is 4.98 Å². The highest BCUT2D eigenvalue weighted by atomic mass is 35.5. The maximum absolute atomic E-state index is 13.7. The number of hydrogen-bond acceptors (Lipinski definition) is 6. The van der Waals surface area contributed by atoms with Crippen LogP contribution in [0.4, 0.5) is 13.2 Å². The molecule has 4 atom stereocenters. The largest absolute Gasteiger partial charge is 0.491 e. The van der Waals surface area contributed by atoms with Crippen molar-refractivity contribution in [3.63, 3.8) is 0 Å². The Bertz CT molecular complexity index is 908. The van der Waals surface area contributed by atoms with Gasteiger partial charge in [-0.2, -0.15) is 13.2 Å². The number of halogens is 4. The lowest BCUT2D eigenvalue weighted by atomic mass is 9.92. The molecule has 10 heteroatoms. The fourth-order valence-corrected chi connectivity index (χ4v) is 3.57. The molecule has 2 fully saturated rings. The van der Waals surface area contributed by atoms with E-state index in [0.717, 1.165) is 5.39 Å². The van der Waals surface area contributed by atoms with Crippen molar-refractivity contribution in [1.29, 1.82) is 0 Å². The van der Waals surface area contributed by atoms with E-state index in [1.165, 1.54) is 13.8 Å². The van der Waals surface area contributed by atoms with Crippen LogP contribution in [0, 0.1) is 0 Å². The monoisotopic (exact) mass is 419 g/mol. The molecule has 2 saturated heterocycles. The fourth-order valence-electron chi connectivity index (χ4n) is 3.42. The topological polar surface area (TPSA) is 70.0 Å². The lowest BCUT2D eigenvalue weighted by molar-refractivity contribution is -0.316. The first kappa shape index (κ1) is 19.7. The van der Waals surface area contributed by atoms with Gasteiger partial charge in [0.15, 0.2) is 18.2 Å². The van der Waals surface area contributed by atoms with Crippen molar-refractivity contribution in [1.82, 2.24) is 4.98 Å². The van der Waals surface area contributed by atoms with E-state index in [1.807, 2.05) is 0 Å². The lowest BCUT2D eigenvalue weighted by Gasteiger charge is -2.34. The van der Waals surface area contributed by atoms with E-state index in [1.54, 1.807) is 30.3 Å². The molecule has 2 aromatic rings. The molecular weight excluding hydrogens is 403 g/mol. The van der Waals surface area contributed by atoms with Gasteiger partial charge in [0.25, 0.3) is 0 Å². The van der Waals surface area contributed by atoms with Crippen LogP contribution in [0.3, 0.4) is 0 Å². The third-order valence-corrected chi connectivity index (χ3v) is 4.98. The Hall–Kier alpha value is -1.65.